The molecule has 0 bridgehead atoms. The molecule has 1 aromatic carbocycles. The van der Waals surface area contributed by atoms with Crippen LogP contribution >= 0.6 is 15.9 Å². The number of carbonyl (C=O) groups excluding carboxylic acids is 1. The number of hydrogen-bond acceptors (Lipinski definition) is 4. The fourth-order valence-electron chi connectivity index (χ4n) is 1.62. The highest BCUT2D eigenvalue weighted by atomic mass is 79.9. The monoisotopic (exact) mass is 354 g/mol. The quantitative estimate of drug-likeness (QED) is 0.856. The molecule has 0 radical (unpaired) electrons. The number of aromatic nitrogens is 1. The fraction of sp³-hybridized carbons (Fsp3) is 0.0769. The maximum absolute atomic E-state index is 12.2. The van der Waals surface area contributed by atoms with Crippen molar-refractivity contribution in [2.24, 2.45) is 0 Å². The molecule has 0 saturated heterocycles. The molecule has 0 amide bonds. The van der Waals surface area contributed by atoms with Crippen molar-refractivity contribution in [3.63, 3.8) is 0 Å². The van der Waals surface area contributed by atoms with Crippen molar-refractivity contribution in [2.45, 2.75) is 11.8 Å². The van der Waals surface area contributed by atoms with Crippen LogP contribution < -0.4 is 4.72 Å². The summed E-state index contributed by atoms with van der Waals surface area (Å²) in [5.41, 5.74) is 0.569. The minimum Gasteiger partial charge on any atom is -0.294 e. The largest absolute Gasteiger partial charge is 0.294 e. The molecule has 1 aromatic heterocycles. The summed E-state index contributed by atoms with van der Waals surface area (Å²) in [5, 5.41) is 0. The van der Waals surface area contributed by atoms with Crippen molar-refractivity contribution >= 4 is 37.4 Å². The minimum absolute atomic E-state index is 0.0187. The lowest BCUT2D eigenvalue weighted by Crippen LogP contribution is -2.15. The molecule has 0 unspecified atom stereocenters. The number of ketones is 1. The topological polar surface area (TPSA) is 76.1 Å². The summed E-state index contributed by atoms with van der Waals surface area (Å²) in [6.45, 7) is 1.38. The first-order valence-corrected chi connectivity index (χ1v) is 7.91. The Morgan fingerprint density at radius 3 is 2.60 bits per heavy atom. The number of halogens is 1. The first-order valence-electron chi connectivity index (χ1n) is 5.63. The highest BCUT2D eigenvalue weighted by Gasteiger charge is 2.17. The molecule has 0 fully saturated rings. The molecule has 1 N–H and O–H groups in total. The van der Waals surface area contributed by atoms with Gasteiger partial charge in [0.2, 0.25) is 0 Å². The number of para-hydroxylation sites is 1. The Labute approximate surface area is 125 Å². The summed E-state index contributed by atoms with van der Waals surface area (Å²) in [4.78, 5) is 15.3. The summed E-state index contributed by atoms with van der Waals surface area (Å²) < 4.78 is 27.4. The predicted octanol–water partition coefficient (Wildman–Crippen LogP) is 2.85. The van der Waals surface area contributed by atoms with E-state index in [2.05, 4.69) is 25.6 Å². The predicted molar refractivity (Wildman–Crippen MR) is 79.2 cm³/mol. The third-order valence-electron chi connectivity index (χ3n) is 2.54. The van der Waals surface area contributed by atoms with Crippen LogP contribution in [0, 0.1) is 0 Å². The maximum Gasteiger partial charge on any atom is 0.263 e. The van der Waals surface area contributed by atoms with Crippen molar-refractivity contribution < 1.29 is 13.2 Å². The van der Waals surface area contributed by atoms with Crippen molar-refractivity contribution in [1.82, 2.24) is 4.98 Å². The molecule has 0 aliphatic carbocycles. The lowest BCUT2D eigenvalue weighted by molar-refractivity contribution is 0.101. The van der Waals surface area contributed by atoms with Crippen LogP contribution in [0.15, 0.2) is 52.1 Å². The second kappa shape index (κ2) is 5.72. The Morgan fingerprint density at radius 2 is 1.95 bits per heavy atom. The number of sulfonamides is 1. The van der Waals surface area contributed by atoms with E-state index in [1.807, 2.05) is 0 Å². The van der Waals surface area contributed by atoms with E-state index >= 15 is 0 Å². The number of anilines is 1. The van der Waals surface area contributed by atoms with Crippen LogP contribution in [0.2, 0.25) is 0 Å². The average Bonchev–Trinajstić information content (AvgIpc) is 2.38. The fourth-order valence-corrected chi connectivity index (χ4v) is 3.21. The number of Topliss-reactive ketones (excluding diaryl/α,β-unsaturated/α-hetero) is 1. The molecule has 1 heterocycles. The summed E-state index contributed by atoms with van der Waals surface area (Å²) in [5.74, 6) is -0.212. The Kier molecular flexibility index (Phi) is 4.20. The van der Waals surface area contributed by atoms with Crippen molar-refractivity contribution in [2.75, 3.05) is 4.72 Å². The van der Waals surface area contributed by atoms with Gasteiger partial charge in [-0.25, -0.2) is 8.42 Å². The normalized spacial score (nSPS) is 11.1. The Hall–Kier alpha value is -1.73. The second-order valence-electron chi connectivity index (χ2n) is 4.05. The molecule has 0 aliphatic heterocycles. The molecule has 104 valence electrons. The number of nitrogens with one attached hydrogen (secondary N) is 1. The van der Waals surface area contributed by atoms with Gasteiger partial charge in [0, 0.05) is 22.4 Å². The summed E-state index contributed by atoms with van der Waals surface area (Å²) >= 11 is 3.17. The van der Waals surface area contributed by atoms with Gasteiger partial charge in [-0.15, -0.1) is 0 Å². The standard InChI is InChI=1S/C13H11BrN2O3S/c1-9(17)12-4-2-3-5-13(12)16-20(18,19)11-6-10(14)7-15-8-11/h2-8,16H,1H3. The highest BCUT2D eigenvalue weighted by Crippen LogP contribution is 2.21. The van der Waals surface area contributed by atoms with Gasteiger partial charge in [-0.3, -0.25) is 14.5 Å². The van der Waals surface area contributed by atoms with E-state index in [0.29, 0.717) is 10.0 Å². The smallest absolute Gasteiger partial charge is 0.263 e. The van der Waals surface area contributed by atoms with E-state index in [4.69, 9.17) is 0 Å². The molecule has 2 rings (SSSR count). The molecular formula is C13H11BrN2O3S. The van der Waals surface area contributed by atoms with Gasteiger partial charge >= 0.3 is 0 Å². The number of benzene rings is 1. The molecule has 20 heavy (non-hydrogen) atoms. The Bertz CT molecular complexity index is 760. The van der Waals surface area contributed by atoms with Crippen molar-refractivity contribution in [3.05, 3.63) is 52.8 Å². The number of pyridine rings is 1. The van der Waals surface area contributed by atoms with Crippen LogP contribution in [0.25, 0.3) is 0 Å². The minimum atomic E-state index is -3.79. The van der Waals surface area contributed by atoms with Crippen LogP contribution in [0.5, 0.6) is 0 Å². The molecular weight excluding hydrogens is 344 g/mol. The van der Waals surface area contributed by atoms with Crippen LogP contribution in [0.3, 0.4) is 0 Å². The molecule has 0 saturated carbocycles. The molecule has 2 aromatic rings. The number of rotatable bonds is 4. The highest BCUT2D eigenvalue weighted by molar-refractivity contribution is 9.10. The van der Waals surface area contributed by atoms with Gasteiger partial charge in [0.25, 0.3) is 10.0 Å². The third kappa shape index (κ3) is 3.23. The maximum atomic E-state index is 12.2. The van der Waals surface area contributed by atoms with Gasteiger partial charge in [0.05, 0.1) is 5.69 Å². The SMILES string of the molecule is CC(=O)c1ccccc1NS(=O)(=O)c1cncc(Br)c1. The molecule has 0 aliphatic rings. The zero-order valence-electron chi connectivity index (χ0n) is 10.5. The Balaban J connectivity index is 2.41. The number of hydrogen-bond donors (Lipinski definition) is 1. The first kappa shape index (κ1) is 14.7. The van der Waals surface area contributed by atoms with E-state index in [1.165, 1.54) is 25.4 Å². The lowest BCUT2D eigenvalue weighted by Gasteiger charge is -2.10. The molecule has 7 heteroatoms. The first-order chi connectivity index (χ1) is 9.40. The van der Waals surface area contributed by atoms with Crippen molar-refractivity contribution in [3.8, 4) is 0 Å². The zero-order chi connectivity index (χ0) is 14.8. The van der Waals surface area contributed by atoms with E-state index in [-0.39, 0.29) is 16.4 Å². The second-order valence-corrected chi connectivity index (χ2v) is 6.64. The van der Waals surface area contributed by atoms with Crippen LogP contribution in [-0.2, 0) is 10.0 Å². The summed E-state index contributed by atoms with van der Waals surface area (Å²) in [7, 11) is -3.79. The van der Waals surface area contributed by atoms with Gasteiger partial charge in [-0.1, -0.05) is 12.1 Å². The lowest BCUT2D eigenvalue weighted by atomic mass is 10.1. The molecule has 0 atom stereocenters. The zero-order valence-corrected chi connectivity index (χ0v) is 12.9. The number of nitrogens with zero attached hydrogens (tertiary/aromatic N) is 1. The summed E-state index contributed by atoms with van der Waals surface area (Å²) in [6.07, 6.45) is 2.73. The van der Waals surface area contributed by atoms with E-state index in [9.17, 15) is 13.2 Å². The molecule has 0 spiro atoms. The number of carbonyl (C=O) groups is 1. The van der Waals surface area contributed by atoms with Crippen LogP contribution in [-0.4, -0.2) is 19.2 Å². The van der Waals surface area contributed by atoms with Crippen LogP contribution in [0.4, 0.5) is 5.69 Å². The van der Waals surface area contributed by atoms with E-state index in [1.54, 1.807) is 24.3 Å². The van der Waals surface area contributed by atoms with Gasteiger partial charge < -0.3 is 0 Å². The van der Waals surface area contributed by atoms with Gasteiger partial charge in [-0.05, 0) is 41.1 Å². The van der Waals surface area contributed by atoms with E-state index < -0.39 is 10.0 Å². The Morgan fingerprint density at radius 1 is 1.25 bits per heavy atom. The summed E-state index contributed by atoms with van der Waals surface area (Å²) in [6, 6.07) is 7.88. The van der Waals surface area contributed by atoms with Gasteiger partial charge in [-0.2, -0.15) is 0 Å². The van der Waals surface area contributed by atoms with Crippen molar-refractivity contribution in [1.29, 1.82) is 0 Å². The van der Waals surface area contributed by atoms with Crippen LogP contribution in [0.1, 0.15) is 17.3 Å². The third-order valence-corrected chi connectivity index (χ3v) is 4.31. The van der Waals surface area contributed by atoms with Gasteiger partial charge in [0.1, 0.15) is 4.90 Å². The van der Waals surface area contributed by atoms with Gasteiger partial charge in [0.15, 0.2) is 5.78 Å². The molecule has 5 nitrogen and oxygen atoms in total. The average molecular weight is 355 g/mol. The van der Waals surface area contributed by atoms with E-state index in [0.717, 1.165) is 0 Å².